The van der Waals surface area contributed by atoms with Gasteiger partial charge in [0.05, 0.1) is 28.5 Å². The van der Waals surface area contributed by atoms with Gasteiger partial charge in [-0.1, -0.05) is 23.7 Å². The van der Waals surface area contributed by atoms with Gasteiger partial charge in [0.15, 0.2) is 0 Å². The zero-order valence-electron chi connectivity index (χ0n) is 18.0. The third-order valence-corrected chi connectivity index (χ3v) is 6.80. The van der Waals surface area contributed by atoms with Crippen molar-refractivity contribution in [3.8, 4) is 5.69 Å². The molecule has 0 aliphatic carbocycles. The van der Waals surface area contributed by atoms with E-state index in [1.807, 2.05) is 65.8 Å². The monoisotopic (exact) mass is 458 g/mol. The third kappa shape index (κ3) is 3.82. The number of nitrogens with zero attached hydrogens (tertiary/aromatic N) is 6. The number of fused-ring (bicyclic) bond motifs is 3. The Morgan fingerprint density at radius 2 is 1.79 bits per heavy atom. The Hall–Kier alpha value is -3.45. The molecule has 0 spiro atoms. The molecule has 1 amide bonds. The van der Waals surface area contributed by atoms with Crippen LogP contribution in [0.15, 0.2) is 67.1 Å². The molecule has 2 fully saturated rings. The number of hydrogen-bond acceptors (Lipinski definition) is 5. The number of halogens is 1. The number of likely N-dealkylation sites (tertiary alicyclic amines) is 1. The summed E-state index contributed by atoms with van der Waals surface area (Å²) in [6.45, 7) is 3.21. The normalized spacial score (nSPS) is 20.3. The van der Waals surface area contributed by atoms with Gasteiger partial charge in [-0.3, -0.25) is 9.78 Å². The van der Waals surface area contributed by atoms with E-state index in [9.17, 15) is 4.79 Å². The predicted octanol–water partition coefficient (Wildman–Crippen LogP) is 4.07. The standard InChI is InChI=1S/C25H23ClN6O/c26-19-6-7-21-22(11-19)29-24(12-27-21)30-13-17-10-18(14-30)16-31(15-17)25(33)20-4-1-2-5-23(20)32-9-3-8-28-32/h1-9,11-12,17-18H,10,13-16H2. The quantitative estimate of drug-likeness (QED) is 0.463. The minimum Gasteiger partial charge on any atom is -0.355 e. The van der Waals surface area contributed by atoms with E-state index in [4.69, 9.17) is 16.6 Å². The van der Waals surface area contributed by atoms with E-state index < -0.39 is 0 Å². The molecular formula is C25H23ClN6O. The van der Waals surface area contributed by atoms with Gasteiger partial charge in [0.2, 0.25) is 0 Å². The molecule has 4 aromatic rings. The Balaban J connectivity index is 1.22. The lowest BCUT2D eigenvalue weighted by atomic mass is 9.84. The molecule has 2 unspecified atom stereocenters. The molecule has 8 heteroatoms. The zero-order valence-corrected chi connectivity index (χ0v) is 18.8. The van der Waals surface area contributed by atoms with Crippen LogP contribution in [0.1, 0.15) is 16.8 Å². The number of aromatic nitrogens is 4. The van der Waals surface area contributed by atoms with Crippen LogP contribution < -0.4 is 4.90 Å². The summed E-state index contributed by atoms with van der Waals surface area (Å²) in [7, 11) is 0. The van der Waals surface area contributed by atoms with Crippen molar-refractivity contribution in [2.75, 3.05) is 31.1 Å². The van der Waals surface area contributed by atoms with E-state index in [1.54, 1.807) is 10.9 Å². The summed E-state index contributed by atoms with van der Waals surface area (Å²) in [5, 5.41) is 4.98. The predicted molar refractivity (Wildman–Crippen MR) is 128 cm³/mol. The first-order valence-corrected chi connectivity index (χ1v) is 11.6. The van der Waals surface area contributed by atoms with Crippen molar-refractivity contribution in [2.24, 2.45) is 11.8 Å². The van der Waals surface area contributed by atoms with Gasteiger partial charge < -0.3 is 9.80 Å². The highest BCUT2D eigenvalue weighted by molar-refractivity contribution is 6.31. The first-order chi connectivity index (χ1) is 16.1. The van der Waals surface area contributed by atoms with E-state index in [1.165, 1.54) is 0 Å². The van der Waals surface area contributed by atoms with Crippen molar-refractivity contribution in [1.82, 2.24) is 24.6 Å². The van der Waals surface area contributed by atoms with E-state index in [-0.39, 0.29) is 5.91 Å². The highest BCUT2D eigenvalue weighted by Crippen LogP contribution is 2.32. The maximum absolute atomic E-state index is 13.5. The summed E-state index contributed by atoms with van der Waals surface area (Å²) in [5.74, 6) is 1.75. The molecular weight excluding hydrogens is 436 g/mol. The first kappa shape index (κ1) is 20.2. The Morgan fingerprint density at radius 1 is 0.970 bits per heavy atom. The lowest BCUT2D eigenvalue weighted by molar-refractivity contribution is 0.0564. The SMILES string of the molecule is O=C(c1ccccc1-n1cccn1)N1CC2CC(C1)CN(c1cnc3ccc(Cl)cc3n1)C2. The van der Waals surface area contributed by atoms with Gasteiger partial charge in [0, 0.05) is 43.6 Å². The molecule has 2 aromatic heterocycles. The van der Waals surface area contributed by atoms with Crippen LogP contribution in [-0.2, 0) is 0 Å². The summed E-state index contributed by atoms with van der Waals surface area (Å²) < 4.78 is 1.75. The Kier molecular flexibility index (Phi) is 4.99. The first-order valence-electron chi connectivity index (χ1n) is 11.2. The maximum atomic E-state index is 13.5. The smallest absolute Gasteiger partial charge is 0.256 e. The number of hydrogen-bond donors (Lipinski definition) is 0. The molecule has 4 heterocycles. The summed E-state index contributed by atoms with van der Waals surface area (Å²) in [4.78, 5) is 27.2. The fourth-order valence-electron chi connectivity index (χ4n) is 5.20. The Labute approximate surface area is 196 Å². The topological polar surface area (TPSA) is 67.2 Å². The molecule has 2 atom stereocenters. The molecule has 166 valence electrons. The van der Waals surface area contributed by atoms with Gasteiger partial charge in [-0.25, -0.2) is 9.67 Å². The number of para-hydroxylation sites is 1. The number of carbonyl (C=O) groups excluding carboxylic acids is 1. The zero-order chi connectivity index (χ0) is 22.4. The van der Waals surface area contributed by atoms with Gasteiger partial charge in [0.1, 0.15) is 5.82 Å². The van der Waals surface area contributed by atoms with Crippen molar-refractivity contribution in [1.29, 1.82) is 0 Å². The van der Waals surface area contributed by atoms with Crippen LogP contribution in [0, 0.1) is 11.8 Å². The van der Waals surface area contributed by atoms with E-state index >= 15 is 0 Å². The minimum atomic E-state index is 0.0735. The molecule has 0 N–H and O–H groups in total. The van der Waals surface area contributed by atoms with Crippen LogP contribution in [0.5, 0.6) is 0 Å². The lowest BCUT2D eigenvalue weighted by Gasteiger charge is -2.46. The summed E-state index contributed by atoms with van der Waals surface area (Å²) in [5.41, 5.74) is 3.15. The van der Waals surface area contributed by atoms with E-state index in [2.05, 4.69) is 15.0 Å². The Morgan fingerprint density at radius 3 is 2.58 bits per heavy atom. The third-order valence-electron chi connectivity index (χ3n) is 6.57. The van der Waals surface area contributed by atoms with Crippen LogP contribution in [0.3, 0.4) is 0 Å². The maximum Gasteiger partial charge on any atom is 0.256 e. The fourth-order valence-corrected chi connectivity index (χ4v) is 5.36. The largest absolute Gasteiger partial charge is 0.355 e. The number of amides is 1. The van der Waals surface area contributed by atoms with Crippen molar-refractivity contribution in [3.05, 3.63) is 77.7 Å². The molecule has 0 radical (unpaired) electrons. The number of carbonyl (C=O) groups is 1. The number of benzene rings is 2. The summed E-state index contributed by atoms with van der Waals surface area (Å²) in [6, 6.07) is 15.1. The molecule has 33 heavy (non-hydrogen) atoms. The molecule has 2 bridgehead atoms. The second-order valence-corrected chi connectivity index (χ2v) is 9.35. The highest BCUT2D eigenvalue weighted by Gasteiger charge is 2.37. The molecule has 2 aromatic carbocycles. The van der Waals surface area contributed by atoms with Gasteiger partial charge in [-0.15, -0.1) is 0 Å². The van der Waals surface area contributed by atoms with Crippen LogP contribution in [-0.4, -0.2) is 56.7 Å². The van der Waals surface area contributed by atoms with E-state index in [0.29, 0.717) is 22.4 Å². The van der Waals surface area contributed by atoms with Crippen LogP contribution in [0.25, 0.3) is 16.7 Å². The summed E-state index contributed by atoms with van der Waals surface area (Å²) in [6.07, 6.45) is 6.58. The van der Waals surface area contributed by atoms with Gasteiger partial charge in [-0.2, -0.15) is 5.10 Å². The Bertz CT molecular complexity index is 1310. The molecule has 7 nitrogen and oxygen atoms in total. The number of piperidine rings is 2. The lowest BCUT2D eigenvalue weighted by Crippen LogP contribution is -2.54. The van der Waals surface area contributed by atoms with Gasteiger partial charge in [0.25, 0.3) is 5.91 Å². The average Bonchev–Trinajstić information content (AvgIpc) is 3.37. The minimum absolute atomic E-state index is 0.0735. The molecule has 2 aliphatic heterocycles. The van der Waals surface area contributed by atoms with Crippen LogP contribution in [0.4, 0.5) is 5.82 Å². The van der Waals surface area contributed by atoms with Crippen LogP contribution >= 0.6 is 11.6 Å². The van der Waals surface area contributed by atoms with Crippen molar-refractivity contribution in [2.45, 2.75) is 6.42 Å². The van der Waals surface area contributed by atoms with Gasteiger partial charge >= 0.3 is 0 Å². The fraction of sp³-hybridized carbons (Fsp3) is 0.280. The van der Waals surface area contributed by atoms with Crippen molar-refractivity contribution >= 4 is 34.4 Å². The van der Waals surface area contributed by atoms with Crippen molar-refractivity contribution < 1.29 is 4.79 Å². The second-order valence-electron chi connectivity index (χ2n) is 8.91. The highest BCUT2D eigenvalue weighted by atomic mass is 35.5. The molecule has 2 aliphatic rings. The van der Waals surface area contributed by atoms with E-state index in [0.717, 1.165) is 55.1 Å². The van der Waals surface area contributed by atoms with Crippen molar-refractivity contribution in [3.63, 3.8) is 0 Å². The number of anilines is 1. The van der Waals surface area contributed by atoms with Gasteiger partial charge in [-0.05, 0) is 54.7 Å². The molecule has 6 rings (SSSR count). The van der Waals surface area contributed by atoms with Crippen LogP contribution in [0.2, 0.25) is 5.02 Å². The second kappa shape index (κ2) is 8.15. The number of rotatable bonds is 3. The molecule has 0 saturated carbocycles. The molecule has 2 saturated heterocycles. The summed E-state index contributed by atoms with van der Waals surface area (Å²) >= 11 is 6.15. The average molecular weight is 459 g/mol.